The molecule has 1 aromatic heterocycles. The van der Waals surface area contributed by atoms with Crippen LogP contribution in [-0.4, -0.2) is 22.2 Å². The van der Waals surface area contributed by atoms with Crippen molar-refractivity contribution in [1.82, 2.24) is 4.57 Å². The maximum absolute atomic E-state index is 11.2. The lowest BCUT2D eigenvalue weighted by molar-refractivity contribution is -0.132. The minimum atomic E-state index is -1.20. The predicted molar refractivity (Wildman–Crippen MR) is 128 cm³/mol. The summed E-state index contributed by atoms with van der Waals surface area (Å²) in [6, 6.07) is 22.9. The van der Waals surface area contributed by atoms with Gasteiger partial charge in [0.05, 0.1) is 5.52 Å². The van der Waals surface area contributed by atoms with Crippen molar-refractivity contribution in [2.45, 2.75) is 26.3 Å². The number of nitrogens with zero attached hydrogens (tertiary/aromatic N) is 3. The number of rotatable bonds is 4. The average Bonchev–Trinajstić information content (AvgIpc) is 3.14. The van der Waals surface area contributed by atoms with Crippen LogP contribution in [0.25, 0.3) is 27.9 Å². The van der Waals surface area contributed by atoms with E-state index in [1.807, 2.05) is 18.2 Å². The predicted octanol–water partition coefficient (Wildman–Crippen LogP) is 5.89. The van der Waals surface area contributed by atoms with Gasteiger partial charge in [-0.25, -0.2) is 4.79 Å². The van der Waals surface area contributed by atoms with Crippen molar-refractivity contribution >= 4 is 45.2 Å². The van der Waals surface area contributed by atoms with Gasteiger partial charge in [0.1, 0.15) is 11.6 Å². The van der Waals surface area contributed by atoms with E-state index in [0.717, 1.165) is 42.9 Å². The second kappa shape index (κ2) is 7.90. The number of anilines is 2. The van der Waals surface area contributed by atoms with E-state index in [2.05, 4.69) is 58.9 Å². The number of carbonyl (C=O) groups is 1. The summed E-state index contributed by atoms with van der Waals surface area (Å²) in [6.07, 6.45) is 3.38. The lowest BCUT2D eigenvalue weighted by atomic mass is 9.97. The number of aliphatic carboxylic acids is 1. The van der Waals surface area contributed by atoms with Crippen LogP contribution >= 0.6 is 0 Å². The summed E-state index contributed by atoms with van der Waals surface area (Å²) < 4.78 is 2.36. The van der Waals surface area contributed by atoms with Gasteiger partial charge in [0.2, 0.25) is 0 Å². The first-order chi connectivity index (χ1) is 15.6. The van der Waals surface area contributed by atoms with Crippen molar-refractivity contribution in [2.75, 3.05) is 11.4 Å². The smallest absolute Gasteiger partial charge is 0.346 e. The fourth-order valence-electron chi connectivity index (χ4n) is 4.83. The van der Waals surface area contributed by atoms with Crippen molar-refractivity contribution in [3.8, 4) is 6.07 Å². The molecule has 0 aliphatic carbocycles. The molecule has 4 aromatic rings. The third-order valence-corrected chi connectivity index (χ3v) is 6.27. The Morgan fingerprint density at radius 2 is 1.91 bits per heavy atom. The van der Waals surface area contributed by atoms with Crippen LogP contribution in [0.4, 0.5) is 11.4 Å². The highest BCUT2D eigenvalue weighted by Gasteiger charge is 2.20. The standard InChI is InChI=1S/C27H23N3O2/c1-2-29-25-8-4-3-7-22(25)23-11-10-21(16-26(23)29)30-13-5-6-19-14-18(9-12-24(19)30)15-20(17-28)27(31)32/h3-4,7-12,14-16H,2,5-6,13H2,1H3,(H,31,32)/b20-15+. The first-order valence-corrected chi connectivity index (χ1v) is 10.9. The first-order valence-electron chi connectivity index (χ1n) is 10.9. The summed E-state index contributed by atoms with van der Waals surface area (Å²) >= 11 is 0. The van der Waals surface area contributed by atoms with Crippen molar-refractivity contribution in [1.29, 1.82) is 5.26 Å². The number of carboxylic acids is 1. The first kappa shape index (κ1) is 19.9. The summed E-state index contributed by atoms with van der Waals surface area (Å²) in [5.41, 5.74) is 6.44. The Morgan fingerprint density at radius 3 is 2.69 bits per heavy atom. The van der Waals surface area contributed by atoms with Gasteiger partial charge in [0.15, 0.2) is 0 Å². The van der Waals surface area contributed by atoms with Crippen molar-refractivity contribution in [3.63, 3.8) is 0 Å². The largest absolute Gasteiger partial charge is 0.477 e. The number of para-hydroxylation sites is 1. The summed E-state index contributed by atoms with van der Waals surface area (Å²) in [4.78, 5) is 13.5. The van der Waals surface area contributed by atoms with E-state index >= 15 is 0 Å². The summed E-state index contributed by atoms with van der Waals surface area (Å²) in [6.45, 7) is 4.01. The third kappa shape index (κ3) is 3.21. The zero-order chi connectivity index (χ0) is 22.2. The molecule has 0 saturated heterocycles. The van der Waals surface area contributed by atoms with Crippen LogP contribution in [0.1, 0.15) is 24.5 Å². The van der Waals surface area contributed by atoms with Gasteiger partial charge in [0.25, 0.3) is 0 Å². The van der Waals surface area contributed by atoms with Crippen LogP contribution in [-0.2, 0) is 17.8 Å². The number of aryl methyl sites for hydroxylation is 2. The normalized spacial score (nSPS) is 13.9. The molecule has 32 heavy (non-hydrogen) atoms. The van der Waals surface area contributed by atoms with E-state index in [1.54, 1.807) is 6.07 Å². The van der Waals surface area contributed by atoms with Crippen LogP contribution in [0.5, 0.6) is 0 Å². The molecule has 5 nitrogen and oxygen atoms in total. The van der Waals surface area contributed by atoms with E-state index in [9.17, 15) is 4.79 Å². The molecule has 0 atom stereocenters. The molecule has 1 N–H and O–H groups in total. The van der Waals surface area contributed by atoms with Gasteiger partial charge >= 0.3 is 5.97 Å². The van der Waals surface area contributed by atoms with Crippen LogP contribution in [0, 0.1) is 11.3 Å². The number of benzene rings is 3. The van der Waals surface area contributed by atoms with Crippen molar-refractivity contribution < 1.29 is 9.90 Å². The molecule has 1 aliphatic heterocycles. The molecule has 0 radical (unpaired) electrons. The summed E-state index contributed by atoms with van der Waals surface area (Å²) in [7, 11) is 0. The molecule has 0 amide bonds. The van der Waals surface area contributed by atoms with Gasteiger partial charge in [-0.15, -0.1) is 0 Å². The number of fused-ring (bicyclic) bond motifs is 4. The Bertz CT molecular complexity index is 1440. The molecule has 158 valence electrons. The summed E-state index contributed by atoms with van der Waals surface area (Å²) in [5.74, 6) is -1.20. The molecule has 0 spiro atoms. The van der Waals surface area contributed by atoms with Crippen LogP contribution in [0.15, 0.2) is 66.2 Å². The van der Waals surface area contributed by atoms with E-state index in [1.165, 1.54) is 33.4 Å². The zero-order valence-electron chi connectivity index (χ0n) is 17.9. The topological polar surface area (TPSA) is 69.3 Å². The highest BCUT2D eigenvalue weighted by atomic mass is 16.4. The molecule has 5 heteroatoms. The van der Waals surface area contributed by atoms with Crippen LogP contribution in [0.2, 0.25) is 0 Å². The van der Waals surface area contributed by atoms with E-state index in [0.29, 0.717) is 0 Å². The molecule has 0 fully saturated rings. The van der Waals surface area contributed by atoms with Gasteiger partial charge < -0.3 is 14.6 Å². The Balaban J connectivity index is 1.59. The minimum absolute atomic E-state index is 0.254. The highest BCUT2D eigenvalue weighted by Crippen LogP contribution is 2.37. The monoisotopic (exact) mass is 421 g/mol. The average molecular weight is 422 g/mol. The number of aromatic nitrogens is 1. The molecule has 2 heterocycles. The van der Waals surface area contributed by atoms with Gasteiger partial charge in [-0.1, -0.05) is 30.3 Å². The third-order valence-electron chi connectivity index (χ3n) is 6.27. The van der Waals surface area contributed by atoms with E-state index < -0.39 is 5.97 Å². The van der Waals surface area contributed by atoms with Gasteiger partial charge in [-0.3, -0.25) is 0 Å². The SMILES string of the molecule is CCn1c2ccccc2c2ccc(N3CCCc4cc(/C=C(\C#N)C(=O)O)ccc43)cc21. The second-order valence-electron chi connectivity index (χ2n) is 8.08. The van der Waals surface area contributed by atoms with Crippen molar-refractivity contribution in [3.05, 3.63) is 77.4 Å². The number of hydrogen-bond donors (Lipinski definition) is 1. The lowest BCUT2D eigenvalue weighted by Gasteiger charge is -2.32. The Morgan fingerprint density at radius 1 is 1.09 bits per heavy atom. The molecule has 0 unspecified atom stereocenters. The van der Waals surface area contributed by atoms with Crippen LogP contribution < -0.4 is 4.90 Å². The number of carboxylic acid groups (broad SMARTS) is 1. The molecule has 0 saturated carbocycles. The molecular formula is C27H23N3O2. The molecule has 0 bridgehead atoms. The van der Waals surface area contributed by atoms with Gasteiger partial charge in [-0.05, 0) is 67.3 Å². The van der Waals surface area contributed by atoms with Crippen LogP contribution in [0.3, 0.4) is 0 Å². The lowest BCUT2D eigenvalue weighted by Crippen LogP contribution is -2.24. The van der Waals surface area contributed by atoms with Crippen molar-refractivity contribution in [2.24, 2.45) is 0 Å². The number of nitriles is 1. The summed E-state index contributed by atoms with van der Waals surface area (Å²) in [5, 5.41) is 20.7. The molecule has 5 rings (SSSR count). The number of hydrogen-bond acceptors (Lipinski definition) is 3. The highest BCUT2D eigenvalue weighted by molar-refractivity contribution is 6.09. The fraction of sp³-hybridized carbons (Fsp3) is 0.185. The quantitative estimate of drug-likeness (QED) is 0.329. The Labute approximate surface area is 186 Å². The Kier molecular flexibility index (Phi) is 4.91. The minimum Gasteiger partial charge on any atom is -0.477 e. The van der Waals surface area contributed by atoms with E-state index in [4.69, 9.17) is 10.4 Å². The van der Waals surface area contributed by atoms with Gasteiger partial charge in [0, 0.05) is 40.8 Å². The molecular weight excluding hydrogens is 398 g/mol. The maximum atomic E-state index is 11.2. The fourth-order valence-corrected chi connectivity index (χ4v) is 4.83. The van der Waals surface area contributed by atoms with Gasteiger partial charge in [-0.2, -0.15) is 5.26 Å². The second-order valence-corrected chi connectivity index (χ2v) is 8.08. The maximum Gasteiger partial charge on any atom is 0.346 e. The Hall–Kier alpha value is -4.04. The molecule has 3 aromatic carbocycles. The zero-order valence-corrected chi connectivity index (χ0v) is 17.9. The molecule has 1 aliphatic rings. The van der Waals surface area contributed by atoms with E-state index in [-0.39, 0.29) is 5.57 Å².